The number of Topliss-reactive ketones (excluding diaryl/α,β-unsaturated/α-hetero) is 1. The van der Waals surface area contributed by atoms with Crippen LogP contribution < -0.4 is 21.1 Å². The van der Waals surface area contributed by atoms with Gasteiger partial charge >= 0.3 is 0 Å². The quantitative estimate of drug-likeness (QED) is 0.453. The Labute approximate surface area is 225 Å². The van der Waals surface area contributed by atoms with Crippen LogP contribution in [-0.4, -0.2) is 57.9 Å². The van der Waals surface area contributed by atoms with E-state index in [1.807, 2.05) is 12.1 Å². The largest absolute Gasteiger partial charge is 0.370 e. The lowest BCUT2D eigenvalue weighted by atomic mass is 9.75. The van der Waals surface area contributed by atoms with Gasteiger partial charge in [-0.05, 0) is 56.2 Å². The third-order valence-corrected chi connectivity index (χ3v) is 8.71. The Morgan fingerprint density at radius 3 is 2.44 bits per heavy atom. The molecule has 3 aromatic rings. The van der Waals surface area contributed by atoms with Crippen LogP contribution in [0.25, 0.3) is 11.0 Å². The number of carbonyl (C=O) groups excluding carboxylic acids is 1. The van der Waals surface area contributed by atoms with Crippen LogP contribution in [-0.2, 0) is 0 Å². The molecule has 1 aliphatic carbocycles. The van der Waals surface area contributed by atoms with Crippen molar-refractivity contribution in [3.8, 4) is 0 Å². The van der Waals surface area contributed by atoms with E-state index in [0.717, 1.165) is 31.4 Å². The second-order valence-electron chi connectivity index (χ2n) is 11.1. The van der Waals surface area contributed by atoms with Crippen LogP contribution in [0.2, 0.25) is 0 Å². The molecule has 206 valence electrons. The molecule has 1 saturated carbocycles. The second-order valence-corrected chi connectivity index (χ2v) is 11.1. The van der Waals surface area contributed by atoms with E-state index in [0.29, 0.717) is 54.5 Å². The molecule has 0 amide bonds. The minimum Gasteiger partial charge on any atom is -0.370 e. The van der Waals surface area contributed by atoms with E-state index in [1.165, 1.54) is 6.92 Å². The highest BCUT2D eigenvalue weighted by molar-refractivity contribution is 5.99. The molecule has 6 rings (SSSR count). The molecular weight excluding hydrogens is 504 g/mol. The van der Waals surface area contributed by atoms with Gasteiger partial charge in [0.2, 0.25) is 12.4 Å². The molecule has 2 atom stereocenters. The summed E-state index contributed by atoms with van der Waals surface area (Å²) in [6.07, 6.45) is 4.92. The van der Waals surface area contributed by atoms with Gasteiger partial charge in [-0.15, -0.1) is 0 Å². The fraction of sp³-hybridized carbons (Fsp3) is 0.536. The Bertz CT molecular complexity index is 1440. The van der Waals surface area contributed by atoms with Gasteiger partial charge in [0.05, 0.1) is 17.4 Å². The third kappa shape index (κ3) is 4.66. The first-order chi connectivity index (χ1) is 18.8. The maximum absolute atomic E-state index is 13.6. The normalized spacial score (nSPS) is 23.5. The van der Waals surface area contributed by atoms with E-state index in [9.17, 15) is 18.4 Å². The first kappa shape index (κ1) is 25.8. The summed E-state index contributed by atoms with van der Waals surface area (Å²) in [7, 11) is 0. The number of pyridine rings is 2. The molecule has 3 aliphatic rings. The topological polar surface area (TPSA) is 105 Å². The molecular formula is C28H33F2N7O2. The molecule has 2 saturated heterocycles. The van der Waals surface area contributed by atoms with Gasteiger partial charge in [0.25, 0.3) is 5.56 Å². The molecule has 3 aromatic heterocycles. The number of anilines is 3. The van der Waals surface area contributed by atoms with Crippen LogP contribution in [0.4, 0.5) is 26.2 Å². The first-order valence-electron chi connectivity index (χ1n) is 13.7. The predicted molar refractivity (Wildman–Crippen MR) is 145 cm³/mol. The van der Waals surface area contributed by atoms with Gasteiger partial charge in [-0.2, -0.15) is 4.98 Å². The van der Waals surface area contributed by atoms with Crippen molar-refractivity contribution in [1.82, 2.24) is 24.8 Å². The summed E-state index contributed by atoms with van der Waals surface area (Å²) < 4.78 is 28.9. The number of carbonyl (C=O) groups is 1. The highest BCUT2D eigenvalue weighted by Crippen LogP contribution is 2.37. The number of rotatable bonds is 6. The molecule has 2 unspecified atom stereocenters. The molecule has 2 bridgehead atoms. The Hall–Kier alpha value is -3.47. The van der Waals surface area contributed by atoms with Gasteiger partial charge in [0.1, 0.15) is 11.5 Å². The van der Waals surface area contributed by atoms with Gasteiger partial charge < -0.3 is 15.5 Å². The van der Waals surface area contributed by atoms with Crippen LogP contribution in [0.15, 0.2) is 29.3 Å². The number of ketones is 1. The van der Waals surface area contributed by atoms with Crippen molar-refractivity contribution in [2.75, 3.05) is 36.4 Å². The minimum absolute atomic E-state index is 0.00256. The number of aromatic nitrogens is 4. The van der Waals surface area contributed by atoms with E-state index in [4.69, 9.17) is 4.98 Å². The van der Waals surface area contributed by atoms with Crippen LogP contribution in [0.5, 0.6) is 0 Å². The predicted octanol–water partition coefficient (Wildman–Crippen LogP) is 4.09. The SMILES string of the molecule is CC(=O)c1c(C)c2cnc(Nc3ccc(N4CC5CNCC(C4)C5C(F)F)cn3)nc2n(C2CCCC2)c1=O. The smallest absolute Gasteiger partial charge is 0.263 e. The van der Waals surface area contributed by atoms with Crippen molar-refractivity contribution < 1.29 is 13.6 Å². The average molecular weight is 538 g/mol. The fourth-order valence-electron chi connectivity index (χ4n) is 6.82. The van der Waals surface area contributed by atoms with Crippen molar-refractivity contribution in [2.24, 2.45) is 17.8 Å². The zero-order chi connectivity index (χ0) is 27.3. The van der Waals surface area contributed by atoms with Crippen molar-refractivity contribution in [2.45, 2.75) is 52.0 Å². The third-order valence-electron chi connectivity index (χ3n) is 8.71. The van der Waals surface area contributed by atoms with E-state index < -0.39 is 12.3 Å². The number of halogens is 2. The van der Waals surface area contributed by atoms with Crippen LogP contribution in [0.3, 0.4) is 0 Å². The van der Waals surface area contributed by atoms with Crippen molar-refractivity contribution in [1.29, 1.82) is 0 Å². The maximum Gasteiger partial charge on any atom is 0.263 e. The second kappa shape index (κ2) is 10.3. The first-order valence-corrected chi connectivity index (χ1v) is 13.7. The molecule has 0 spiro atoms. The Morgan fingerprint density at radius 2 is 1.82 bits per heavy atom. The number of nitrogens with zero attached hydrogens (tertiary/aromatic N) is 5. The number of nitrogens with one attached hydrogen (secondary N) is 2. The van der Waals surface area contributed by atoms with Crippen LogP contribution in [0.1, 0.15) is 54.6 Å². The Kier molecular flexibility index (Phi) is 6.78. The summed E-state index contributed by atoms with van der Waals surface area (Å²) in [5.41, 5.74) is 1.93. The monoisotopic (exact) mass is 537 g/mol. The summed E-state index contributed by atoms with van der Waals surface area (Å²) >= 11 is 0. The lowest BCUT2D eigenvalue weighted by Crippen LogP contribution is -2.58. The Morgan fingerprint density at radius 1 is 1.10 bits per heavy atom. The molecule has 9 nitrogen and oxygen atoms in total. The van der Waals surface area contributed by atoms with Crippen molar-refractivity contribution in [3.05, 3.63) is 46.0 Å². The molecule has 0 aromatic carbocycles. The fourth-order valence-corrected chi connectivity index (χ4v) is 6.82. The van der Waals surface area contributed by atoms with E-state index in [2.05, 4.69) is 25.5 Å². The number of alkyl halides is 2. The van der Waals surface area contributed by atoms with Gasteiger partial charge in [-0.3, -0.25) is 14.2 Å². The standard InChI is InChI=1S/C28H33F2N7O2/c1-15-21-12-33-28(35-26(21)37(19-5-3-4-6-19)27(39)23(15)16(2)38)34-22-8-7-20(11-32-22)36-13-17-9-31-10-18(14-36)24(17)25(29)30/h7-8,11-12,17-19,24-25,31H,3-6,9-10,13-14H2,1-2H3,(H,32,33,34,35). The molecule has 5 heterocycles. The summed E-state index contributed by atoms with van der Waals surface area (Å²) in [6.45, 7) is 5.54. The van der Waals surface area contributed by atoms with Crippen LogP contribution >= 0.6 is 0 Å². The number of aryl methyl sites for hydroxylation is 1. The van der Waals surface area contributed by atoms with E-state index >= 15 is 0 Å². The van der Waals surface area contributed by atoms with Gasteiger partial charge in [-0.25, -0.2) is 18.7 Å². The maximum atomic E-state index is 13.6. The lowest BCUT2D eigenvalue weighted by Gasteiger charge is -2.48. The molecule has 3 fully saturated rings. The summed E-state index contributed by atoms with van der Waals surface area (Å²) in [5, 5.41) is 7.12. The molecule has 0 radical (unpaired) electrons. The molecule has 2 N–H and O–H groups in total. The van der Waals surface area contributed by atoms with E-state index in [-0.39, 0.29) is 34.8 Å². The minimum atomic E-state index is -2.29. The number of fused-ring (bicyclic) bond motifs is 3. The average Bonchev–Trinajstić information content (AvgIpc) is 3.42. The van der Waals surface area contributed by atoms with Crippen molar-refractivity contribution >= 4 is 34.3 Å². The highest BCUT2D eigenvalue weighted by atomic mass is 19.3. The number of hydrogen-bond donors (Lipinski definition) is 2. The molecule has 11 heteroatoms. The summed E-state index contributed by atoms with van der Waals surface area (Å²) in [5.74, 6) is -0.151. The lowest BCUT2D eigenvalue weighted by molar-refractivity contribution is -0.0156. The number of piperidine rings is 2. The number of hydrogen-bond acceptors (Lipinski definition) is 8. The van der Waals surface area contributed by atoms with Crippen molar-refractivity contribution in [3.63, 3.8) is 0 Å². The van der Waals surface area contributed by atoms with E-state index in [1.54, 1.807) is 23.9 Å². The zero-order valence-electron chi connectivity index (χ0n) is 22.2. The van der Waals surface area contributed by atoms with Crippen LogP contribution in [0, 0.1) is 24.7 Å². The Balaban J connectivity index is 1.27. The molecule has 39 heavy (non-hydrogen) atoms. The van der Waals surface area contributed by atoms with Gasteiger partial charge in [0.15, 0.2) is 5.78 Å². The summed E-state index contributed by atoms with van der Waals surface area (Å²) in [6, 6.07) is 3.76. The van der Waals surface area contributed by atoms with Gasteiger partial charge in [-0.1, -0.05) is 12.8 Å². The highest BCUT2D eigenvalue weighted by Gasteiger charge is 2.44. The van der Waals surface area contributed by atoms with Gasteiger partial charge in [0, 0.05) is 49.7 Å². The summed E-state index contributed by atoms with van der Waals surface area (Å²) in [4.78, 5) is 41.6. The molecule has 2 aliphatic heterocycles. The zero-order valence-corrected chi connectivity index (χ0v) is 22.2.